The van der Waals surface area contributed by atoms with E-state index in [0.717, 1.165) is 6.54 Å². The molecule has 90 valence electrons. The van der Waals surface area contributed by atoms with E-state index < -0.39 is 0 Å². The summed E-state index contributed by atoms with van der Waals surface area (Å²) in [5.41, 5.74) is 7.04. The van der Waals surface area contributed by atoms with Crippen molar-refractivity contribution >= 4 is 34.0 Å². The third-order valence-corrected chi connectivity index (χ3v) is 3.39. The Kier molecular flexibility index (Phi) is 4.79. The van der Waals surface area contributed by atoms with Crippen LogP contribution in [0.1, 0.15) is 6.92 Å². The molecule has 1 aromatic rings. The maximum atomic E-state index is 13.3. The molecule has 0 spiro atoms. The summed E-state index contributed by atoms with van der Waals surface area (Å²) in [4.78, 5) is 2.09. The second-order valence-corrected chi connectivity index (χ2v) is 5.21. The Hall–Kier alpha value is -0.560. The van der Waals surface area contributed by atoms with Gasteiger partial charge in [-0.2, -0.15) is 0 Å². The van der Waals surface area contributed by atoms with Crippen LogP contribution in [0.4, 0.5) is 15.8 Å². The molecule has 0 aliphatic carbocycles. The molecule has 3 N–H and O–H groups in total. The molecule has 0 bridgehead atoms. The van der Waals surface area contributed by atoms with Crippen LogP contribution < -0.4 is 11.1 Å². The number of hydrogen-bond acceptors (Lipinski definition) is 3. The van der Waals surface area contributed by atoms with Crippen LogP contribution in [-0.2, 0) is 0 Å². The number of benzene rings is 1. The Bertz CT molecular complexity index is 368. The number of anilines is 2. The number of rotatable bonds is 4. The van der Waals surface area contributed by atoms with Gasteiger partial charge in [0, 0.05) is 18.7 Å². The molecule has 1 unspecified atom stereocenters. The predicted molar refractivity (Wildman–Crippen MR) is 75.2 cm³/mol. The van der Waals surface area contributed by atoms with Crippen molar-refractivity contribution < 1.29 is 4.39 Å². The second-order valence-electron chi connectivity index (χ2n) is 4.05. The number of nitrogens with two attached hydrogens (primary N) is 1. The number of halogens is 2. The van der Waals surface area contributed by atoms with E-state index in [9.17, 15) is 4.39 Å². The first kappa shape index (κ1) is 13.5. The van der Waals surface area contributed by atoms with Gasteiger partial charge in [-0.1, -0.05) is 0 Å². The van der Waals surface area contributed by atoms with Crippen molar-refractivity contribution in [2.75, 3.05) is 31.7 Å². The minimum Gasteiger partial charge on any atom is -0.397 e. The number of nitrogen functional groups attached to an aromatic ring is 1. The minimum absolute atomic E-state index is 0.241. The third kappa shape index (κ3) is 3.48. The lowest BCUT2D eigenvalue weighted by Crippen LogP contribution is -2.31. The van der Waals surface area contributed by atoms with Gasteiger partial charge >= 0.3 is 0 Å². The highest BCUT2D eigenvalue weighted by Gasteiger charge is 2.08. The lowest BCUT2D eigenvalue weighted by molar-refractivity contribution is 0.326. The summed E-state index contributed by atoms with van der Waals surface area (Å²) in [5.74, 6) is -0.241. The smallest absolute Gasteiger partial charge is 0.138 e. The van der Waals surface area contributed by atoms with Crippen molar-refractivity contribution in [1.29, 1.82) is 0 Å². The molecule has 1 atom stereocenters. The number of nitrogens with one attached hydrogen (secondary N) is 1. The van der Waals surface area contributed by atoms with Crippen LogP contribution in [0.15, 0.2) is 12.1 Å². The van der Waals surface area contributed by atoms with Crippen LogP contribution >= 0.6 is 22.6 Å². The van der Waals surface area contributed by atoms with Crippen molar-refractivity contribution in [1.82, 2.24) is 4.90 Å². The zero-order chi connectivity index (χ0) is 12.3. The standard InChI is InChI=1S/C11H17FIN3/c1-7(16(2)3)6-15-11-4-8(12)9(13)5-10(11)14/h4-5,7,15H,6,14H2,1-3H3. The Morgan fingerprint density at radius 1 is 1.50 bits per heavy atom. The van der Waals surface area contributed by atoms with E-state index >= 15 is 0 Å². The zero-order valence-electron chi connectivity index (χ0n) is 9.72. The predicted octanol–water partition coefficient (Wildman–Crippen LogP) is 2.37. The first-order valence-electron chi connectivity index (χ1n) is 5.06. The van der Waals surface area contributed by atoms with Crippen LogP contribution in [0, 0.1) is 9.39 Å². The maximum absolute atomic E-state index is 13.3. The summed E-state index contributed by atoms with van der Waals surface area (Å²) in [5, 5.41) is 3.15. The summed E-state index contributed by atoms with van der Waals surface area (Å²) in [6.07, 6.45) is 0. The van der Waals surface area contributed by atoms with Gasteiger partial charge in [-0.15, -0.1) is 0 Å². The molecule has 1 rings (SSSR count). The highest BCUT2D eigenvalue weighted by Crippen LogP contribution is 2.23. The van der Waals surface area contributed by atoms with Gasteiger partial charge in [-0.3, -0.25) is 0 Å². The summed E-state index contributed by atoms with van der Waals surface area (Å²) < 4.78 is 13.9. The largest absolute Gasteiger partial charge is 0.397 e. The summed E-state index contributed by atoms with van der Waals surface area (Å²) in [6.45, 7) is 2.82. The fraction of sp³-hybridized carbons (Fsp3) is 0.455. The Morgan fingerprint density at radius 3 is 2.69 bits per heavy atom. The van der Waals surface area contributed by atoms with Gasteiger partial charge in [0.15, 0.2) is 0 Å². The van der Waals surface area contributed by atoms with E-state index in [1.807, 2.05) is 36.7 Å². The summed E-state index contributed by atoms with van der Waals surface area (Å²) in [7, 11) is 4.01. The number of likely N-dealkylation sites (N-methyl/N-ethyl adjacent to an activating group) is 1. The molecule has 0 radical (unpaired) electrons. The van der Waals surface area contributed by atoms with E-state index in [1.165, 1.54) is 6.07 Å². The first-order chi connectivity index (χ1) is 7.41. The molecule has 0 saturated carbocycles. The molecule has 0 fully saturated rings. The van der Waals surface area contributed by atoms with Crippen molar-refractivity contribution in [3.63, 3.8) is 0 Å². The topological polar surface area (TPSA) is 41.3 Å². The molecule has 16 heavy (non-hydrogen) atoms. The third-order valence-electron chi connectivity index (χ3n) is 2.56. The van der Waals surface area contributed by atoms with Gasteiger partial charge < -0.3 is 16.0 Å². The van der Waals surface area contributed by atoms with E-state index in [-0.39, 0.29) is 5.82 Å². The van der Waals surface area contributed by atoms with Crippen molar-refractivity contribution in [2.45, 2.75) is 13.0 Å². The molecule has 0 amide bonds. The van der Waals surface area contributed by atoms with E-state index in [4.69, 9.17) is 5.73 Å². The van der Waals surface area contributed by atoms with Crippen molar-refractivity contribution in [2.24, 2.45) is 0 Å². The van der Waals surface area contributed by atoms with E-state index in [0.29, 0.717) is 21.0 Å². The SMILES string of the molecule is CC(CNc1cc(F)c(I)cc1N)N(C)C. The molecule has 3 nitrogen and oxygen atoms in total. The van der Waals surface area contributed by atoms with Gasteiger partial charge in [0.05, 0.1) is 14.9 Å². The molecule has 0 aliphatic rings. The summed E-state index contributed by atoms with van der Waals surface area (Å²) in [6, 6.07) is 3.44. The Morgan fingerprint density at radius 2 is 2.12 bits per heavy atom. The molecular weight excluding hydrogens is 320 g/mol. The van der Waals surface area contributed by atoms with Gasteiger partial charge in [0.1, 0.15) is 5.82 Å². The molecule has 5 heteroatoms. The van der Waals surface area contributed by atoms with Gasteiger partial charge in [-0.25, -0.2) is 4.39 Å². The van der Waals surface area contributed by atoms with Crippen LogP contribution in [-0.4, -0.2) is 31.6 Å². The van der Waals surface area contributed by atoms with Gasteiger partial charge in [0.25, 0.3) is 0 Å². The fourth-order valence-electron chi connectivity index (χ4n) is 1.16. The maximum Gasteiger partial charge on any atom is 0.138 e. The van der Waals surface area contributed by atoms with Crippen LogP contribution in [0.3, 0.4) is 0 Å². The minimum atomic E-state index is -0.241. The Labute approximate surface area is 109 Å². The highest BCUT2D eigenvalue weighted by atomic mass is 127. The van der Waals surface area contributed by atoms with Crippen molar-refractivity contribution in [3.8, 4) is 0 Å². The first-order valence-corrected chi connectivity index (χ1v) is 6.14. The number of nitrogens with zero attached hydrogens (tertiary/aromatic N) is 1. The molecular formula is C11H17FIN3. The number of hydrogen-bond donors (Lipinski definition) is 2. The lowest BCUT2D eigenvalue weighted by Gasteiger charge is -2.21. The van der Waals surface area contributed by atoms with Crippen molar-refractivity contribution in [3.05, 3.63) is 21.5 Å². The average molecular weight is 337 g/mol. The van der Waals surface area contributed by atoms with E-state index in [2.05, 4.69) is 17.1 Å². The Balaban J connectivity index is 2.71. The highest BCUT2D eigenvalue weighted by molar-refractivity contribution is 14.1. The van der Waals surface area contributed by atoms with Gasteiger partial charge in [0.2, 0.25) is 0 Å². The summed E-state index contributed by atoms with van der Waals surface area (Å²) >= 11 is 1.93. The fourth-order valence-corrected chi connectivity index (χ4v) is 1.65. The monoisotopic (exact) mass is 337 g/mol. The quantitative estimate of drug-likeness (QED) is 0.655. The van der Waals surface area contributed by atoms with Crippen LogP contribution in [0.25, 0.3) is 0 Å². The van der Waals surface area contributed by atoms with Gasteiger partial charge in [-0.05, 0) is 49.7 Å². The molecule has 0 heterocycles. The molecule has 1 aromatic carbocycles. The lowest BCUT2D eigenvalue weighted by atomic mass is 10.2. The molecule has 0 saturated heterocycles. The van der Waals surface area contributed by atoms with Crippen LogP contribution in [0.2, 0.25) is 0 Å². The molecule has 0 aromatic heterocycles. The zero-order valence-corrected chi connectivity index (χ0v) is 11.9. The second kappa shape index (κ2) is 5.67. The normalized spacial score (nSPS) is 12.9. The molecule has 0 aliphatic heterocycles. The van der Waals surface area contributed by atoms with Crippen LogP contribution in [0.5, 0.6) is 0 Å². The average Bonchev–Trinajstić information content (AvgIpc) is 2.20. The van der Waals surface area contributed by atoms with E-state index in [1.54, 1.807) is 6.07 Å².